The predicted molar refractivity (Wildman–Crippen MR) is 74.3 cm³/mol. The van der Waals surface area contributed by atoms with Crippen LogP contribution in [0.2, 0.25) is 0 Å². The van der Waals surface area contributed by atoms with Crippen LogP contribution in [-0.4, -0.2) is 29.5 Å². The Kier molecular flexibility index (Phi) is 4.08. The number of rotatable bonds is 4. The molecule has 0 aliphatic carbocycles. The van der Waals surface area contributed by atoms with Crippen molar-refractivity contribution in [3.8, 4) is 0 Å². The van der Waals surface area contributed by atoms with Crippen molar-refractivity contribution in [2.45, 2.75) is 19.9 Å². The average Bonchev–Trinajstić information content (AvgIpc) is 2.42. The second-order valence-corrected chi connectivity index (χ2v) is 5.94. The molecule has 1 heterocycles. The van der Waals surface area contributed by atoms with Crippen LogP contribution in [0, 0.1) is 5.82 Å². The molecule has 112 valence electrons. The summed E-state index contributed by atoms with van der Waals surface area (Å²) in [5.74, 6) is -1.68. The van der Waals surface area contributed by atoms with Crippen LogP contribution in [0.25, 0.3) is 0 Å². The zero-order chi connectivity index (χ0) is 15.6. The monoisotopic (exact) mass is 312 g/mol. The summed E-state index contributed by atoms with van der Waals surface area (Å²) in [6, 6.07) is 5.26. The average molecular weight is 312 g/mol. The first-order valence-electron chi connectivity index (χ1n) is 6.14. The molecule has 0 amide bonds. The minimum Gasteiger partial charge on any atom is -0.478 e. The fraction of sp³-hybridized carbons (Fsp3) is 0.231. The van der Waals surface area contributed by atoms with E-state index in [9.17, 15) is 17.6 Å². The van der Waals surface area contributed by atoms with E-state index in [1.54, 1.807) is 6.92 Å². The molecule has 1 aliphatic heterocycles. The summed E-state index contributed by atoms with van der Waals surface area (Å²) in [5, 5.41) is 9.11. The van der Waals surface area contributed by atoms with Gasteiger partial charge in [0.15, 0.2) is 0 Å². The van der Waals surface area contributed by atoms with Crippen molar-refractivity contribution < 1.29 is 22.7 Å². The Hall–Kier alpha value is -2.22. The lowest BCUT2D eigenvalue weighted by atomic mass is 10.1. The first-order chi connectivity index (χ1) is 9.83. The molecule has 0 radical (unpaired) electrons. The highest BCUT2D eigenvalue weighted by Crippen LogP contribution is 2.21. The molecule has 0 unspecified atom stereocenters. The molecule has 1 aromatic carbocycles. The van der Waals surface area contributed by atoms with Gasteiger partial charge in [0.2, 0.25) is 0 Å². The molecular weight excluding hydrogens is 299 g/mol. The number of aliphatic carboxylic acids is 1. The van der Waals surface area contributed by atoms with Crippen molar-refractivity contribution in [3.63, 3.8) is 0 Å². The van der Waals surface area contributed by atoms with Crippen molar-refractivity contribution in [1.82, 2.24) is 4.31 Å². The van der Waals surface area contributed by atoms with Gasteiger partial charge in [0.1, 0.15) is 5.82 Å². The molecular formula is C13H13FN2O4S. The fourth-order valence-corrected chi connectivity index (χ4v) is 3.02. The van der Waals surface area contributed by atoms with Gasteiger partial charge in [-0.25, -0.2) is 9.18 Å². The van der Waals surface area contributed by atoms with Gasteiger partial charge in [0, 0.05) is 6.20 Å². The molecule has 0 saturated carbocycles. The maximum absolute atomic E-state index is 12.8. The topological polar surface area (TPSA) is 87.0 Å². The molecule has 0 fully saturated rings. The van der Waals surface area contributed by atoms with Crippen molar-refractivity contribution in [2.24, 2.45) is 4.40 Å². The second kappa shape index (κ2) is 5.65. The van der Waals surface area contributed by atoms with Gasteiger partial charge in [-0.05, 0) is 24.1 Å². The smallest absolute Gasteiger partial charge is 0.344 e. The third kappa shape index (κ3) is 3.27. The zero-order valence-corrected chi connectivity index (χ0v) is 12.0. The van der Waals surface area contributed by atoms with Gasteiger partial charge in [-0.2, -0.15) is 8.42 Å². The van der Waals surface area contributed by atoms with Crippen LogP contribution in [0.3, 0.4) is 0 Å². The second-order valence-electron chi connectivity index (χ2n) is 4.39. The number of carboxylic acid groups (broad SMARTS) is 1. The summed E-state index contributed by atoms with van der Waals surface area (Å²) >= 11 is 0. The van der Waals surface area contributed by atoms with Crippen LogP contribution < -0.4 is 0 Å². The minimum absolute atomic E-state index is 0.0119. The van der Waals surface area contributed by atoms with E-state index in [0.717, 1.165) is 10.5 Å². The number of hydrogen-bond acceptors (Lipinski definition) is 3. The zero-order valence-electron chi connectivity index (χ0n) is 11.2. The Morgan fingerprint density at radius 2 is 1.95 bits per heavy atom. The largest absolute Gasteiger partial charge is 0.478 e. The summed E-state index contributed by atoms with van der Waals surface area (Å²) in [4.78, 5) is 11.2. The molecule has 0 atom stereocenters. The van der Waals surface area contributed by atoms with E-state index in [1.807, 2.05) is 0 Å². The lowest BCUT2D eigenvalue weighted by molar-refractivity contribution is -0.132. The molecule has 0 aromatic heterocycles. The van der Waals surface area contributed by atoms with Crippen LogP contribution in [0.5, 0.6) is 0 Å². The normalized spacial score (nSPS) is 17.1. The molecule has 21 heavy (non-hydrogen) atoms. The summed E-state index contributed by atoms with van der Waals surface area (Å²) in [6.07, 6.45) is 1.24. The quantitative estimate of drug-likeness (QED) is 0.917. The first kappa shape index (κ1) is 15.2. The molecule has 2 rings (SSSR count). The van der Waals surface area contributed by atoms with E-state index < -0.39 is 22.0 Å². The van der Waals surface area contributed by atoms with E-state index in [-0.39, 0.29) is 24.3 Å². The van der Waals surface area contributed by atoms with Gasteiger partial charge in [0.05, 0.1) is 17.8 Å². The molecule has 0 spiro atoms. The van der Waals surface area contributed by atoms with Crippen molar-refractivity contribution in [2.75, 3.05) is 0 Å². The van der Waals surface area contributed by atoms with E-state index in [4.69, 9.17) is 5.11 Å². The van der Waals surface area contributed by atoms with Gasteiger partial charge in [-0.1, -0.05) is 19.1 Å². The highest BCUT2D eigenvalue weighted by atomic mass is 32.2. The van der Waals surface area contributed by atoms with Crippen molar-refractivity contribution in [1.29, 1.82) is 0 Å². The highest BCUT2D eigenvalue weighted by molar-refractivity contribution is 7.88. The number of nitrogens with zero attached hydrogens (tertiary/aromatic N) is 2. The molecule has 1 aromatic rings. The van der Waals surface area contributed by atoms with Crippen molar-refractivity contribution in [3.05, 3.63) is 47.4 Å². The molecule has 6 nitrogen and oxygen atoms in total. The third-order valence-electron chi connectivity index (χ3n) is 2.92. The minimum atomic E-state index is -3.97. The van der Waals surface area contributed by atoms with E-state index >= 15 is 0 Å². The Labute approximate surface area is 121 Å². The first-order valence-corrected chi connectivity index (χ1v) is 7.53. The standard InChI is InChI=1S/C13H13FN2O4S/c1-2-12-11(13(17)18)8-16(21(19,20)15-12)7-9-3-5-10(14)6-4-9/h3-6,8H,2,7H2,1H3,(H,17,18). The van der Waals surface area contributed by atoms with Gasteiger partial charge in [-0.15, -0.1) is 4.40 Å². The maximum atomic E-state index is 12.8. The summed E-state index contributed by atoms with van der Waals surface area (Å²) in [5.41, 5.74) is 0.378. The van der Waals surface area contributed by atoms with E-state index in [2.05, 4.69) is 4.40 Å². The van der Waals surface area contributed by atoms with Crippen LogP contribution >= 0.6 is 0 Å². The van der Waals surface area contributed by atoms with Crippen LogP contribution in [0.4, 0.5) is 4.39 Å². The molecule has 0 bridgehead atoms. The van der Waals surface area contributed by atoms with E-state index in [1.165, 1.54) is 24.3 Å². The Balaban J connectivity index is 2.36. The third-order valence-corrected chi connectivity index (χ3v) is 4.20. The maximum Gasteiger partial charge on any atom is 0.344 e. The van der Waals surface area contributed by atoms with Gasteiger partial charge >= 0.3 is 16.2 Å². The lowest BCUT2D eigenvalue weighted by Crippen LogP contribution is -2.31. The summed E-state index contributed by atoms with van der Waals surface area (Å²) < 4.78 is 41.2. The molecule has 8 heteroatoms. The molecule has 0 saturated heterocycles. The van der Waals surface area contributed by atoms with Gasteiger partial charge < -0.3 is 5.11 Å². The summed E-state index contributed by atoms with van der Waals surface area (Å²) in [6.45, 7) is 1.51. The fourth-order valence-electron chi connectivity index (χ4n) is 1.86. The number of carbonyl (C=O) groups is 1. The lowest BCUT2D eigenvalue weighted by Gasteiger charge is -2.23. The predicted octanol–water partition coefficient (Wildman–Crippen LogP) is 1.71. The van der Waals surface area contributed by atoms with Crippen LogP contribution in [0.15, 0.2) is 40.4 Å². The van der Waals surface area contributed by atoms with Crippen molar-refractivity contribution >= 4 is 21.9 Å². The Morgan fingerprint density at radius 3 is 2.48 bits per heavy atom. The number of hydrogen-bond donors (Lipinski definition) is 1. The number of carboxylic acids is 1. The van der Waals surface area contributed by atoms with Crippen LogP contribution in [-0.2, 0) is 21.5 Å². The SMILES string of the molecule is CCC1=NS(=O)(=O)N(Cc2ccc(F)cc2)C=C1C(=O)O. The van der Waals surface area contributed by atoms with Gasteiger partial charge in [-0.3, -0.25) is 4.31 Å². The Bertz CT molecular complexity index is 723. The molecule has 1 aliphatic rings. The molecule has 1 N–H and O–H groups in total. The van der Waals surface area contributed by atoms with Crippen LogP contribution in [0.1, 0.15) is 18.9 Å². The summed E-state index contributed by atoms with van der Waals surface area (Å²) in [7, 11) is -3.97. The van der Waals surface area contributed by atoms with E-state index in [0.29, 0.717) is 5.56 Å². The van der Waals surface area contributed by atoms with Gasteiger partial charge in [0.25, 0.3) is 0 Å². The Morgan fingerprint density at radius 1 is 1.33 bits per heavy atom. The number of halogens is 1. The highest BCUT2D eigenvalue weighted by Gasteiger charge is 2.29. The number of benzene rings is 1.